The first-order valence-corrected chi connectivity index (χ1v) is 13.6. The molecule has 1 aromatic carbocycles. The zero-order chi connectivity index (χ0) is 24.8. The average molecular weight is 517 g/mol. The minimum Gasteiger partial charge on any atom is -0.370 e. The van der Waals surface area contributed by atoms with Crippen molar-refractivity contribution >= 4 is 35.0 Å². The summed E-state index contributed by atoms with van der Waals surface area (Å²) in [5.74, 6) is 0.182. The summed E-state index contributed by atoms with van der Waals surface area (Å²) in [6.45, 7) is 5.48. The molecule has 2 amide bonds. The summed E-state index contributed by atoms with van der Waals surface area (Å²) >= 11 is 12.6. The Balaban J connectivity index is 1.50. The molecule has 4 rings (SSSR count). The number of nitrogens with one attached hydrogen (secondary N) is 1. The first kappa shape index (κ1) is 25.8. The second-order valence-electron chi connectivity index (χ2n) is 9.78. The van der Waals surface area contributed by atoms with Crippen molar-refractivity contribution in [2.75, 3.05) is 26.2 Å². The molecule has 0 bridgehead atoms. The zero-order valence-corrected chi connectivity index (χ0v) is 22.0. The van der Waals surface area contributed by atoms with E-state index in [1.54, 1.807) is 24.3 Å². The number of allylic oxidation sites excluding steroid dienone is 4. The van der Waals surface area contributed by atoms with Crippen LogP contribution in [0.1, 0.15) is 68.6 Å². The third kappa shape index (κ3) is 6.71. The van der Waals surface area contributed by atoms with Crippen LogP contribution in [0.25, 0.3) is 0 Å². The summed E-state index contributed by atoms with van der Waals surface area (Å²) < 4.78 is 0. The van der Waals surface area contributed by atoms with Crippen LogP contribution >= 0.6 is 23.2 Å². The molecule has 1 aliphatic carbocycles. The van der Waals surface area contributed by atoms with Gasteiger partial charge in [-0.2, -0.15) is 0 Å². The highest BCUT2D eigenvalue weighted by Gasteiger charge is 2.31. The van der Waals surface area contributed by atoms with Crippen LogP contribution < -0.4 is 5.32 Å². The SMILES string of the molecule is CC1=C(N2CCC(C(=O)N3CCCCCC3)CC2)C(NC(=O)c2cccc(Cl)c2)=CC(Cl)=CCC1. The van der Waals surface area contributed by atoms with Crippen molar-refractivity contribution in [3.05, 3.63) is 69.0 Å². The van der Waals surface area contributed by atoms with Crippen molar-refractivity contribution in [3.8, 4) is 0 Å². The molecule has 0 spiro atoms. The number of piperidine rings is 1. The molecule has 2 aliphatic heterocycles. The normalized spacial score (nSPS) is 20.4. The van der Waals surface area contributed by atoms with E-state index in [1.807, 2.05) is 12.2 Å². The van der Waals surface area contributed by atoms with Gasteiger partial charge in [0.15, 0.2) is 0 Å². The first-order chi connectivity index (χ1) is 16.9. The van der Waals surface area contributed by atoms with E-state index in [9.17, 15) is 9.59 Å². The maximum absolute atomic E-state index is 13.2. The number of halogens is 2. The molecule has 188 valence electrons. The summed E-state index contributed by atoms with van der Waals surface area (Å²) in [6.07, 6.45) is 11.9. The molecule has 2 saturated heterocycles. The van der Waals surface area contributed by atoms with Crippen molar-refractivity contribution < 1.29 is 9.59 Å². The van der Waals surface area contributed by atoms with Gasteiger partial charge >= 0.3 is 0 Å². The fraction of sp³-hybridized carbons (Fsp3) is 0.500. The van der Waals surface area contributed by atoms with E-state index in [4.69, 9.17) is 23.2 Å². The third-order valence-corrected chi connectivity index (χ3v) is 7.71. The van der Waals surface area contributed by atoms with Gasteiger partial charge in [0.25, 0.3) is 5.91 Å². The van der Waals surface area contributed by atoms with Crippen LogP contribution in [0.15, 0.2) is 58.4 Å². The number of carbonyl (C=O) groups excluding carboxylic acids is 2. The number of rotatable bonds is 4. The molecule has 35 heavy (non-hydrogen) atoms. The van der Waals surface area contributed by atoms with Gasteiger partial charge < -0.3 is 15.1 Å². The highest BCUT2D eigenvalue weighted by atomic mass is 35.5. The van der Waals surface area contributed by atoms with E-state index in [0.717, 1.165) is 70.4 Å². The number of likely N-dealkylation sites (tertiary alicyclic amines) is 2. The van der Waals surface area contributed by atoms with Gasteiger partial charge in [-0.15, -0.1) is 0 Å². The van der Waals surface area contributed by atoms with E-state index >= 15 is 0 Å². The predicted molar refractivity (Wildman–Crippen MR) is 142 cm³/mol. The third-order valence-electron chi connectivity index (χ3n) is 7.21. The molecule has 7 heteroatoms. The maximum Gasteiger partial charge on any atom is 0.255 e. The van der Waals surface area contributed by atoms with Crippen molar-refractivity contribution in [3.63, 3.8) is 0 Å². The van der Waals surface area contributed by atoms with Crippen LogP contribution in [-0.2, 0) is 4.79 Å². The smallest absolute Gasteiger partial charge is 0.255 e. The highest BCUT2D eigenvalue weighted by molar-refractivity contribution is 6.31. The van der Waals surface area contributed by atoms with Crippen molar-refractivity contribution in [2.24, 2.45) is 5.92 Å². The lowest BCUT2D eigenvalue weighted by atomic mass is 9.93. The van der Waals surface area contributed by atoms with E-state index < -0.39 is 0 Å². The summed E-state index contributed by atoms with van der Waals surface area (Å²) in [5, 5.41) is 4.23. The second kappa shape index (κ2) is 12.1. The van der Waals surface area contributed by atoms with Gasteiger partial charge in [-0.3, -0.25) is 9.59 Å². The standard InChI is InChI=1S/C28H35Cl2N3O2/c1-20-8-6-10-24(30)19-25(31-27(34)22-9-7-11-23(29)18-22)26(20)32-16-12-21(13-17-32)28(35)33-14-4-2-3-5-15-33/h7,9-11,18-19,21H,2-6,8,12-17H2,1H3,(H,31,34). The Labute approximate surface area is 218 Å². The fourth-order valence-corrected chi connectivity index (χ4v) is 5.71. The van der Waals surface area contributed by atoms with Crippen molar-refractivity contribution in [2.45, 2.75) is 58.3 Å². The van der Waals surface area contributed by atoms with Gasteiger partial charge in [0.2, 0.25) is 5.91 Å². The Morgan fingerprint density at radius 2 is 1.71 bits per heavy atom. The number of nitrogens with zero attached hydrogens (tertiary/aromatic N) is 2. The van der Waals surface area contributed by atoms with Gasteiger partial charge in [0.1, 0.15) is 0 Å². The lowest BCUT2D eigenvalue weighted by molar-refractivity contribution is -0.136. The number of carbonyl (C=O) groups is 2. The quantitative estimate of drug-likeness (QED) is 0.514. The van der Waals surface area contributed by atoms with Gasteiger partial charge in [0, 0.05) is 47.7 Å². The molecular weight excluding hydrogens is 481 g/mol. The summed E-state index contributed by atoms with van der Waals surface area (Å²) in [6, 6.07) is 6.93. The van der Waals surface area contributed by atoms with Gasteiger partial charge in [-0.05, 0) is 75.3 Å². The van der Waals surface area contributed by atoms with Crippen LogP contribution in [-0.4, -0.2) is 47.8 Å². The average Bonchev–Trinajstić information content (AvgIpc) is 3.13. The van der Waals surface area contributed by atoms with E-state index in [-0.39, 0.29) is 11.8 Å². The fourth-order valence-electron chi connectivity index (χ4n) is 5.30. The Bertz CT molecular complexity index is 1030. The summed E-state index contributed by atoms with van der Waals surface area (Å²) in [7, 11) is 0. The number of hydrogen-bond donors (Lipinski definition) is 1. The monoisotopic (exact) mass is 515 g/mol. The zero-order valence-electron chi connectivity index (χ0n) is 20.5. The van der Waals surface area contributed by atoms with Gasteiger partial charge in [-0.25, -0.2) is 0 Å². The number of amides is 2. The molecule has 2 heterocycles. The Hall–Kier alpha value is -2.24. The molecule has 0 saturated carbocycles. The molecule has 1 aromatic rings. The molecular formula is C28H35Cl2N3O2. The molecule has 2 fully saturated rings. The molecule has 0 radical (unpaired) electrons. The van der Waals surface area contributed by atoms with Crippen LogP contribution in [0.4, 0.5) is 0 Å². The molecule has 1 N–H and O–H groups in total. The summed E-state index contributed by atoms with van der Waals surface area (Å²) in [5.41, 5.74) is 3.43. The minimum absolute atomic E-state index is 0.0794. The van der Waals surface area contributed by atoms with E-state index in [0.29, 0.717) is 27.2 Å². The van der Waals surface area contributed by atoms with E-state index in [1.165, 1.54) is 18.4 Å². The van der Waals surface area contributed by atoms with E-state index in [2.05, 4.69) is 22.0 Å². The largest absolute Gasteiger partial charge is 0.370 e. The van der Waals surface area contributed by atoms with Crippen LogP contribution in [0.5, 0.6) is 0 Å². The molecule has 3 aliphatic rings. The predicted octanol–water partition coefficient (Wildman–Crippen LogP) is 6.26. The van der Waals surface area contributed by atoms with Crippen molar-refractivity contribution in [1.29, 1.82) is 0 Å². The number of hydrogen-bond acceptors (Lipinski definition) is 3. The summed E-state index contributed by atoms with van der Waals surface area (Å²) in [4.78, 5) is 30.7. The highest BCUT2D eigenvalue weighted by Crippen LogP contribution is 2.31. The van der Waals surface area contributed by atoms with Crippen LogP contribution in [0.2, 0.25) is 5.02 Å². The Kier molecular flexibility index (Phi) is 8.96. The lowest BCUT2D eigenvalue weighted by Gasteiger charge is -2.38. The lowest BCUT2D eigenvalue weighted by Crippen LogP contribution is -2.44. The van der Waals surface area contributed by atoms with Gasteiger partial charge in [0.05, 0.1) is 11.4 Å². The molecule has 0 atom stereocenters. The van der Waals surface area contributed by atoms with Gasteiger partial charge in [-0.1, -0.05) is 48.2 Å². The Morgan fingerprint density at radius 3 is 2.40 bits per heavy atom. The van der Waals surface area contributed by atoms with Crippen molar-refractivity contribution in [1.82, 2.24) is 15.1 Å². The minimum atomic E-state index is -0.222. The first-order valence-electron chi connectivity index (χ1n) is 12.8. The molecule has 0 unspecified atom stereocenters. The van der Waals surface area contributed by atoms with Crippen LogP contribution in [0, 0.1) is 5.92 Å². The molecule has 5 nitrogen and oxygen atoms in total. The maximum atomic E-state index is 13.2. The molecule has 0 aromatic heterocycles. The topological polar surface area (TPSA) is 52.7 Å². The van der Waals surface area contributed by atoms with Crippen LogP contribution in [0.3, 0.4) is 0 Å². The Morgan fingerprint density at radius 1 is 1.00 bits per heavy atom. The second-order valence-corrected chi connectivity index (χ2v) is 10.7. The number of benzene rings is 1.